The molecule has 1 aromatic carbocycles. The van der Waals surface area contributed by atoms with E-state index in [0.29, 0.717) is 14.9 Å². The highest BCUT2D eigenvalue weighted by molar-refractivity contribution is 9.10. The molecule has 24 heavy (non-hydrogen) atoms. The number of barbiturate groups is 1. The number of halogens is 1. The summed E-state index contributed by atoms with van der Waals surface area (Å²) < 4.78 is 5.74. The minimum Gasteiger partial charge on any atom is -0.422 e. The number of carbonyl (C=O) groups excluding carboxylic acids is 4. The second-order valence-corrected chi connectivity index (χ2v) is 5.75. The molecule has 10 heteroatoms. The Labute approximate surface area is 141 Å². The first-order chi connectivity index (χ1) is 11.3. The fourth-order valence-corrected chi connectivity index (χ4v) is 2.46. The molecule has 9 nitrogen and oxygen atoms in total. The molecule has 0 aliphatic carbocycles. The molecule has 1 fully saturated rings. The van der Waals surface area contributed by atoms with Gasteiger partial charge in [-0.25, -0.2) is 9.59 Å². The normalized spacial score (nSPS) is 14.7. The van der Waals surface area contributed by atoms with Crippen molar-refractivity contribution in [2.24, 2.45) is 0 Å². The molecule has 0 unspecified atom stereocenters. The van der Waals surface area contributed by atoms with Crippen molar-refractivity contribution in [1.82, 2.24) is 15.8 Å². The summed E-state index contributed by atoms with van der Waals surface area (Å²) in [5, 5.41) is 2.69. The first-order valence-corrected chi connectivity index (χ1v) is 7.35. The van der Waals surface area contributed by atoms with E-state index >= 15 is 0 Å². The van der Waals surface area contributed by atoms with Gasteiger partial charge in [0.25, 0.3) is 11.8 Å². The van der Waals surface area contributed by atoms with Gasteiger partial charge in [0.05, 0.1) is 0 Å². The van der Waals surface area contributed by atoms with Gasteiger partial charge in [0.15, 0.2) is 0 Å². The number of nitrogens with one attached hydrogen (secondary N) is 2. The van der Waals surface area contributed by atoms with Crippen LogP contribution in [-0.2, 0) is 9.59 Å². The molecule has 0 saturated carbocycles. The van der Waals surface area contributed by atoms with Gasteiger partial charge < -0.3 is 4.42 Å². The molecule has 122 valence electrons. The third kappa shape index (κ3) is 2.91. The maximum atomic E-state index is 12.2. The monoisotopic (exact) mass is 393 g/mol. The molecular formula is C14H8BrN3O6. The molecule has 1 saturated heterocycles. The summed E-state index contributed by atoms with van der Waals surface area (Å²) in [4.78, 5) is 58.4. The first-order valence-electron chi connectivity index (χ1n) is 6.56. The number of nitrogens with zero attached hydrogens (tertiary/aromatic N) is 1. The molecule has 1 aliphatic rings. The number of fused-ring (bicyclic) bond motifs is 1. The highest BCUT2D eigenvalue weighted by Gasteiger charge is 2.33. The van der Waals surface area contributed by atoms with Crippen LogP contribution in [0.5, 0.6) is 0 Å². The van der Waals surface area contributed by atoms with Crippen molar-refractivity contribution >= 4 is 50.7 Å². The minimum atomic E-state index is -1.10. The number of carbonyl (C=O) groups is 4. The molecule has 2 N–H and O–H groups in total. The molecule has 1 aliphatic heterocycles. The molecule has 1 aromatic heterocycles. The maximum absolute atomic E-state index is 12.2. The zero-order valence-electron chi connectivity index (χ0n) is 11.8. The number of imide groups is 2. The van der Waals surface area contributed by atoms with Gasteiger partial charge in [-0.3, -0.25) is 25.1 Å². The lowest BCUT2D eigenvalue weighted by Crippen LogP contribution is -2.59. The van der Waals surface area contributed by atoms with Crippen LogP contribution < -0.4 is 16.4 Å². The third-order valence-corrected chi connectivity index (χ3v) is 3.66. The van der Waals surface area contributed by atoms with E-state index in [-0.39, 0.29) is 5.58 Å². The number of hydrogen-bond donors (Lipinski definition) is 2. The van der Waals surface area contributed by atoms with Crippen LogP contribution in [0, 0.1) is 0 Å². The van der Waals surface area contributed by atoms with Crippen molar-refractivity contribution in [2.75, 3.05) is 0 Å². The summed E-state index contributed by atoms with van der Waals surface area (Å²) in [6.45, 7) is 0. The van der Waals surface area contributed by atoms with Crippen LogP contribution in [0.3, 0.4) is 0 Å². The van der Waals surface area contributed by atoms with Crippen LogP contribution in [0.15, 0.2) is 37.9 Å². The zero-order valence-corrected chi connectivity index (χ0v) is 13.4. The van der Waals surface area contributed by atoms with Crippen LogP contribution >= 0.6 is 15.9 Å². The van der Waals surface area contributed by atoms with Crippen LogP contribution in [0.1, 0.15) is 16.8 Å². The number of rotatable bonds is 2. The lowest BCUT2D eigenvalue weighted by Gasteiger charge is -2.24. The van der Waals surface area contributed by atoms with E-state index in [4.69, 9.17) is 4.42 Å². The largest absolute Gasteiger partial charge is 0.422 e. The van der Waals surface area contributed by atoms with E-state index in [1.807, 2.05) is 10.7 Å². The molecule has 0 radical (unpaired) electrons. The van der Waals surface area contributed by atoms with Crippen molar-refractivity contribution in [3.05, 3.63) is 44.7 Å². The summed E-state index contributed by atoms with van der Waals surface area (Å²) in [5.41, 5.74) is 0.941. The van der Waals surface area contributed by atoms with E-state index in [0.717, 1.165) is 0 Å². The highest BCUT2D eigenvalue weighted by Crippen LogP contribution is 2.19. The Kier molecular flexibility index (Phi) is 3.89. The Morgan fingerprint density at radius 2 is 1.96 bits per heavy atom. The fraction of sp³-hybridized carbons (Fsp3) is 0.0714. The molecule has 0 spiro atoms. The number of hydrogen-bond acceptors (Lipinski definition) is 6. The SMILES string of the molecule is O=C1CC(=O)N(NC(=O)c2cc3cc(Br)ccc3oc2=O)C(=O)N1. The summed E-state index contributed by atoms with van der Waals surface area (Å²) >= 11 is 3.26. The zero-order chi connectivity index (χ0) is 17.4. The van der Waals surface area contributed by atoms with Gasteiger partial charge in [-0.05, 0) is 24.3 Å². The number of hydrazine groups is 1. The van der Waals surface area contributed by atoms with Gasteiger partial charge in [0.2, 0.25) is 5.91 Å². The van der Waals surface area contributed by atoms with Crippen molar-refractivity contribution in [3.8, 4) is 0 Å². The van der Waals surface area contributed by atoms with Gasteiger partial charge in [-0.2, -0.15) is 5.01 Å². The molecular weight excluding hydrogens is 386 g/mol. The van der Waals surface area contributed by atoms with E-state index in [1.54, 1.807) is 18.2 Å². The average Bonchev–Trinajstić information content (AvgIpc) is 2.50. The molecule has 3 rings (SSSR count). The number of urea groups is 1. The fourth-order valence-electron chi connectivity index (χ4n) is 2.08. The van der Waals surface area contributed by atoms with Crippen molar-refractivity contribution in [2.45, 2.75) is 6.42 Å². The highest BCUT2D eigenvalue weighted by atomic mass is 79.9. The molecule has 2 aromatic rings. The molecule has 5 amide bonds. The van der Waals surface area contributed by atoms with Crippen molar-refractivity contribution in [3.63, 3.8) is 0 Å². The van der Waals surface area contributed by atoms with Crippen LogP contribution in [0.2, 0.25) is 0 Å². The van der Waals surface area contributed by atoms with E-state index in [1.165, 1.54) is 6.07 Å². The summed E-state index contributed by atoms with van der Waals surface area (Å²) in [6, 6.07) is 5.03. The number of benzene rings is 1. The van der Waals surface area contributed by atoms with E-state index in [2.05, 4.69) is 15.9 Å². The van der Waals surface area contributed by atoms with Gasteiger partial charge in [-0.15, -0.1) is 0 Å². The third-order valence-electron chi connectivity index (χ3n) is 3.16. The lowest BCUT2D eigenvalue weighted by molar-refractivity contribution is -0.137. The van der Waals surface area contributed by atoms with Crippen molar-refractivity contribution < 1.29 is 23.6 Å². The Bertz CT molecular complexity index is 947. The smallest absolute Gasteiger partial charge is 0.350 e. The molecule has 2 heterocycles. The Morgan fingerprint density at radius 1 is 1.21 bits per heavy atom. The van der Waals surface area contributed by atoms with Crippen LogP contribution in [0.4, 0.5) is 4.79 Å². The Morgan fingerprint density at radius 3 is 2.67 bits per heavy atom. The van der Waals surface area contributed by atoms with E-state index < -0.39 is 41.4 Å². The lowest BCUT2D eigenvalue weighted by atomic mass is 10.2. The summed E-state index contributed by atoms with van der Waals surface area (Å²) in [6.07, 6.45) is -0.592. The van der Waals surface area contributed by atoms with Gasteiger partial charge >= 0.3 is 11.7 Å². The average molecular weight is 394 g/mol. The van der Waals surface area contributed by atoms with E-state index in [9.17, 15) is 24.0 Å². The molecule has 0 atom stereocenters. The second kappa shape index (κ2) is 5.89. The Hall–Kier alpha value is -3.01. The minimum absolute atomic E-state index is 0.275. The summed E-state index contributed by atoms with van der Waals surface area (Å²) in [7, 11) is 0. The van der Waals surface area contributed by atoms with Crippen molar-refractivity contribution in [1.29, 1.82) is 0 Å². The summed E-state index contributed by atoms with van der Waals surface area (Å²) in [5.74, 6) is -2.70. The van der Waals surface area contributed by atoms with Gasteiger partial charge in [-0.1, -0.05) is 15.9 Å². The number of amides is 5. The topological polar surface area (TPSA) is 126 Å². The first kappa shape index (κ1) is 15.9. The maximum Gasteiger partial charge on any atom is 0.350 e. The standard InChI is InChI=1S/C14H8BrN3O6/c15-7-1-2-9-6(3-7)4-8(13(22)24-9)12(21)17-18-11(20)5-10(19)16-14(18)23/h1-4H,5H2,(H,17,21)(H,16,19,23). The Balaban J connectivity index is 1.92. The van der Waals surface area contributed by atoms with Crippen LogP contribution in [-0.4, -0.2) is 28.8 Å². The van der Waals surface area contributed by atoms with Crippen LogP contribution in [0.25, 0.3) is 11.0 Å². The quantitative estimate of drug-likeness (QED) is 0.570. The predicted molar refractivity (Wildman–Crippen MR) is 82.7 cm³/mol. The van der Waals surface area contributed by atoms with Gasteiger partial charge in [0, 0.05) is 9.86 Å². The predicted octanol–water partition coefficient (Wildman–Crippen LogP) is 0.669. The second-order valence-electron chi connectivity index (χ2n) is 4.83. The van der Waals surface area contributed by atoms with Gasteiger partial charge in [0.1, 0.15) is 17.6 Å². The molecule has 0 bridgehead atoms.